The fourth-order valence-corrected chi connectivity index (χ4v) is 2.89. The first-order valence-corrected chi connectivity index (χ1v) is 8.97. The molecule has 1 heterocycles. The van der Waals surface area contributed by atoms with Gasteiger partial charge in [0.05, 0.1) is 23.9 Å². The number of carbonyl (C=O) groups excluding carboxylic acids is 1. The number of carbonyl (C=O) groups is 1. The first-order valence-electron chi connectivity index (χ1n) is 7.71. The van der Waals surface area contributed by atoms with Crippen molar-refractivity contribution in [2.75, 3.05) is 18.3 Å². The molecule has 0 radical (unpaired) electrons. The number of benzene rings is 2. The van der Waals surface area contributed by atoms with Gasteiger partial charge < -0.3 is 15.2 Å². The summed E-state index contributed by atoms with van der Waals surface area (Å²) in [6.07, 6.45) is 1.58. The molecule has 27 heavy (non-hydrogen) atoms. The van der Waals surface area contributed by atoms with Crippen LogP contribution in [0.25, 0.3) is 0 Å². The molecule has 0 bridgehead atoms. The Morgan fingerprint density at radius 2 is 2.11 bits per heavy atom. The van der Waals surface area contributed by atoms with Gasteiger partial charge in [0.15, 0.2) is 11.5 Å². The summed E-state index contributed by atoms with van der Waals surface area (Å²) in [5.74, 6) is 0.533. The molecule has 9 heteroatoms. The van der Waals surface area contributed by atoms with Crippen molar-refractivity contribution in [3.8, 4) is 11.5 Å². The van der Waals surface area contributed by atoms with Crippen LogP contribution in [0.2, 0.25) is 5.02 Å². The van der Waals surface area contributed by atoms with Gasteiger partial charge in [-0.25, -0.2) is 9.78 Å². The van der Waals surface area contributed by atoms with E-state index in [4.69, 9.17) is 26.8 Å². The second-order valence-corrected chi connectivity index (χ2v) is 6.49. The van der Waals surface area contributed by atoms with Crippen LogP contribution in [0.4, 0.5) is 10.9 Å². The lowest BCUT2D eigenvalue weighted by molar-refractivity contribution is 0.0730. The predicted octanol–water partition coefficient (Wildman–Crippen LogP) is 4.05. The van der Waals surface area contributed by atoms with Gasteiger partial charge in [-0.2, -0.15) is 5.10 Å². The number of hydrogen-bond donors (Lipinski definition) is 2. The summed E-state index contributed by atoms with van der Waals surface area (Å²) in [5.41, 5.74) is 9.34. The topological polar surface area (TPSA) is 98.8 Å². The van der Waals surface area contributed by atoms with Crippen molar-refractivity contribution < 1.29 is 14.3 Å². The maximum atomic E-state index is 12.3. The SMILES string of the molecule is COc1cc(C=NNc2nc(N)cs2)ccc1OC(=O)c1ccccc1Cl. The van der Waals surface area contributed by atoms with E-state index in [1.165, 1.54) is 18.4 Å². The summed E-state index contributed by atoms with van der Waals surface area (Å²) >= 11 is 7.37. The number of rotatable bonds is 6. The van der Waals surface area contributed by atoms with Crippen LogP contribution < -0.4 is 20.6 Å². The molecule has 0 aliphatic rings. The van der Waals surface area contributed by atoms with E-state index in [1.54, 1.807) is 54.1 Å². The molecule has 3 aromatic rings. The van der Waals surface area contributed by atoms with E-state index in [0.29, 0.717) is 21.7 Å². The predicted molar refractivity (Wildman–Crippen MR) is 107 cm³/mol. The molecular formula is C18H15ClN4O3S. The minimum Gasteiger partial charge on any atom is -0.493 e. The Bertz CT molecular complexity index is 990. The molecule has 2 aromatic carbocycles. The van der Waals surface area contributed by atoms with E-state index in [9.17, 15) is 4.79 Å². The summed E-state index contributed by atoms with van der Waals surface area (Å²) < 4.78 is 10.7. The highest BCUT2D eigenvalue weighted by Crippen LogP contribution is 2.29. The number of nitrogen functional groups attached to an aromatic ring is 1. The van der Waals surface area contributed by atoms with Crippen molar-refractivity contribution in [3.63, 3.8) is 0 Å². The van der Waals surface area contributed by atoms with Crippen LogP contribution in [0, 0.1) is 0 Å². The monoisotopic (exact) mass is 402 g/mol. The molecule has 0 atom stereocenters. The number of hydrazone groups is 1. The van der Waals surface area contributed by atoms with Crippen LogP contribution in [0.15, 0.2) is 52.9 Å². The minimum absolute atomic E-state index is 0.277. The number of aromatic nitrogens is 1. The van der Waals surface area contributed by atoms with Crippen LogP contribution in [-0.4, -0.2) is 24.3 Å². The van der Waals surface area contributed by atoms with Crippen molar-refractivity contribution in [3.05, 3.63) is 64.0 Å². The maximum Gasteiger partial charge on any atom is 0.345 e. The van der Waals surface area contributed by atoms with E-state index < -0.39 is 5.97 Å². The third kappa shape index (κ3) is 4.75. The normalized spacial score (nSPS) is 10.7. The first kappa shape index (κ1) is 18.7. The summed E-state index contributed by atoms with van der Waals surface area (Å²) in [6, 6.07) is 11.7. The fraction of sp³-hybridized carbons (Fsp3) is 0.0556. The molecule has 0 aliphatic heterocycles. The van der Waals surface area contributed by atoms with E-state index >= 15 is 0 Å². The zero-order valence-electron chi connectivity index (χ0n) is 14.2. The molecule has 0 aliphatic carbocycles. The van der Waals surface area contributed by atoms with Crippen LogP contribution in [0.1, 0.15) is 15.9 Å². The molecule has 0 spiro atoms. The minimum atomic E-state index is -0.566. The van der Waals surface area contributed by atoms with E-state index in [1.807, 2.05) is 0 Å². The second kappa shape index (κ2) is 8.52. The number of nitrogens with two attached hydrogens (primary N) is 1. The number of thiazole rings is 1. The Labute approximate surface area is 164 Å². The summed E-state index contributed by atoms with van der Waals surface area (Å²) in [7, 11) is 1.49. The largest absolute Gasteiger partial charge is 0.493 e. The molecule has 3 rings (SSSR count). The third-order valence-electron chi connectivity index (χ3n) is 3.38. The number of nitrogens with zero attached hydrogens (tertiary/aromatic N) is 2. The van der Waals surface area contributed by atoms with Gasteiger partial charge in [-0.05, 0) is 35.9 Å². The molecule has 0 unspecified atom stereocenters. The Morgan fingerprint density at radius 3 is 2.81 bits per heavy atom. The average molecular weight is 403 g/mol. The zero-order valence-corrected chi connectivity index (χ0v) is 15.8. The van der Waals surface area contributed by atoms with Crippen LogP contribution in [0.5, 0.6) is 11.5 Å². The molecule has 7 nitrogen and oxygen atoms in total. The Kier molecular flexibility index (Phi) is 5.90. The maximum absolute atomic E-state index is 12.3. The van der Waals surface area contributed by atoms with Gasteiger partial charge in [-0.15, -0.1) is 11.3 Å². The summed E-state index contributed by atoms with van der Waals surface area (Å²) in [4.78, 5) is 16.3. The quantitative estimate of drug-likeness (QED) is 0.279. The van der Waals surface area contributed by atoms with Crippen molar-refractivity contribution in [1.29, 1.82) is 0 Å². The van der Waals surface area contributed by atoms with E-state index in [0.717, 1.165) is 5.56 Å². The Balaban J connectivity index is 1.72. The van der Waals surface area contributed by atoms with Gasteiger partial charge in [-0.3, -0.25) is 5.43 Å². The second-order valence-electron chi connectivity index (χ2n) is 5.23. The van der Waals surface area contributed by atoms with Crippen molar-refractivity contribution >= 4 is 46.1 Å². The molecular weight excluding hydrogens is 388 g/mol. The van der Waals surface area contributed by atoms with Gasteiger partial charge in [0, 0.05) is 5.38 Å². The lowest BCUT2D eigenvalue weighted by Gasteiger charge is -2.10. The highest BCUT2D eigenvalue weighted by atomic mass is 35.5. The molecule has 0 saturated heterocycles. The number of nitrogens with one attached hydrogen (secondary N) is 1. The van der Waals surface area contributed by atoms with E-state index in [-0.39, 0.29) is 11.3 Å². The third-order valence-corrected chi connectivity index (χ3v) is 4.47. The molecule has 3 N–H and O–H groups in total. The smallest absolute Gasteiger partial charge is 0.345 e. The number of halogens is 1. The van der Waals surface area contributed by atoms with Gasteiger partial charge in [0.25, 0.3) is 0 Å². The molecule has 1 aromatic heterocycles. The lowest BCUT2D eigenvalue weighted by atomic mass is 10.2. The van der Waals surface area contributed by atoms with E-state index in [2.05, 4.69) is 15.5 Å². The average Bonchev–Trinajstić information content (AvgIpc) is 3.08. The summed E-state index contributed by atoms with van der Waals surface area (Å²) in [6.45, 7) is 0. The van der Waals surface area contributed by atoms with Crippen LogP contribution >= 0.6 is 22.9 Å². The van der Waals surface area contributed by atoms with Crippen LogP contribution in [0.3, 0.4) is 0 Å². The summed E-state index contributed by atoms with van der Waals surface area (Å²) in [5, 5.41) is 6.70. The molecule has 0 amide bonds. The number of esters is 1. The molecule has 0 saturated carbocycles. The molecule has 138 valence electrons. The van der Waals surface area contributed by atoms with Crippen LogP contribution in [-0.2, 0) is 0 Å². The number of methoxy groups -OCH3 is 1. The number of ether oxygens (including phenoxy) is 2. The first-order chi connectivity index (χ1) is 13.1. The van der Waals surface area contributed by atoms with Gasteiger partial charge in [0.2, 0.25) is 5.13 Å². The Hall–Kier alpha value is -3.10. The Morgan fingerprint density at radius 1 is 1.30 bits per heavy atom. The van der Waals surface area contributed by atoms with Gasteiger partial charge in [-0.1, -0.05) is 23.7 Å². The van der Waals surface area contributed by atoms with Crippen molar-refractivity contribution in [1.82, 2.24) is 4.98 Å². The highest BCUT2D eigenvalue weighted by molar-refractivity contribution is 7.14. The fourth-order valence-electron chi connectivity index (χ4n) is 2.13. The lowest BCUT2D eigenvalue weighted by Crippen LogP contribution is -2.10. The zero-order chi connectivity index (χ0) is 19.2. The number of anilines is 2. The highest BCUT2D eigenvalue weighted by Gasteiger charge is 2.15. The van der Waals surface area contributed by atoms with Gasteiger partial charge >= 0.3 is 5.97 Å². The number of hydrogen-bond acceptors (Lipinski definition) is 8. The standard InChI is InChI=1S/C18H15ClN4O3S/c1-25-15-8-11(9-21-23-18-22-16(20)10-27-18)6-7-14(15)26-17(24)12-4-2-3-5-13(12)19/h2-10H,20H2,1H3,(H,22,23). The van der Waals surface area contributed by atoms with Gasteiger partial charge in [0.1, 0.15) is 5.82 Å². The van der Waals surface area contributed by atoms with Crippen molar-refractivity contribution in [2.45, 2.75) is 0 Å². The van der Waals surface area contributed by atoms with Crippen molar-refractivity contribution in [2.24, 2.45) is 5.10 Å². The molecule has 0 fully saturated rings.